The number of rotatable bonds is 6. The van der Waals surface area contributed by atoms with Gasteiger partial charge in [-0.2, -0.15) is 0 Å². The van der Waals surface area contributed by atoms with Crippen molar-refractivity contribution in [1.29, 1.82) is 0 Å². The Morgan fingerprint density at radius 2 is 1.52 bits per heavy atom. The van der Waals surface area contributed by atoms with Crippen molar-refractivity contribution in [2.45, 2.75) is 20.3 Å². The molecule has 1 heterocycles. The van der Waals surface area contributed by atoms with Gasteiger partial charge in [0.05, 0.1) is 36.4 Å². The van der Waals surface area contributed by atoms with Gasteiger partial charge in [-0.15, -0.1) is 0 Å². The molecule has 0 bridgehead atoms. The zero-order chi connectivity index (χ0) is 16.7. The largest absolute Gasteiger partial charge is 0.462 e. The third kappa shape index (κ3) is 4.53. The van der Waals surface area contributed by atoms with Gasteiger partial charge in [-0.3, -0.25) is 0 Å². The van der Waals surface area contributed by atoms with Gasteiger partial charge < -0.3 is 18.9 Å². The van der Waals surface area contributed by atoms with Crippen LogP contribution in [0.2, 0.25) is 0 Å². The molecule has 1 saturated heterocycles. The van der Waals surface area contributed by atoms with E-state index in [-0.39, 0.29) is 18.8 Å². The van der Waals surface area contributed by atoms with Gasteiger partial charge >= 0.3 is 11.9 Å². The summed E-state index contributed by atoms with van der Waals surface area (Å²) in [7, 11) is 0. The Hall–Kier alpha value is -1.92. The first-order chi connectivity index (χ1) is 11.1. The number of hydrogen-bond donors (Lipinski definition) is 0. The number of carbonyl (C=O) groups is 2. The molecule has 6 heteroatoms. The van der Waals surface area contributed by atoms with E-state index in [1.165, 1.54) is 0 Å². The average molecular weight is 322 g/mol. The van der Waals surface area contributed by atoms with E-state index in [1.54, 1.807) is 31.2 Å². The Balaban J connectivity index is 1.94. The molecule has 126 valence electrons. The van der Waals surface area contributed by atoms with E-state index >= 15 is 0 Å². The van der Waals surface area contributed by atoms with E-state index < -0.39 is 11.9 Å². The molecule has 6 nitrogen and oxygen atoms in total. The molecule has 0 aliphatic carbocycles. The monoisotopic (exact) mass is 322 g/mol. The summed E-state index contributed by atoms with van der Waals surface area (Å²) in [5, 5.41) is 0. The molecule has 0 spiro atoms. The number of ether oxygens (including phenoxy) is 4. The summed E-state index contributed by atoms with van der Waals surface area (Å²) < 4.78 is 20.9. The number of benzene rings is 1. The highest BCUT2D eigenvalue weighted by molar-refractivity contribution is 5.93. The van der Waals surface area contributed by atoms with Crippen LogP contribution in [0.1, 0.15) is 41.0 Å². The van der Waals surface area contributed by atoms with Crippen molar-refractivity contribution in [2.24, 2.45) is 5.41 Å². The molecule has 0 unspecified atom stereocenters. The predicted molar refractivity (Wildman–Crippen MR) is 82.2 cm³/mol. The minimum absolute atomic E-state index is 0.238. The maximum atomic E-state index is 12.1. The standard InChI is InChI=1S/C17H22O6/c1-3-17(9-20-12-21-10-17)11-23-16(19)14-7-5-13(6-8-14)15(18)22-4-2/h5-8H,3-4,9-12H2,1-2H3. The van der Waals surface area contributed by atoms with E-state index in [9.17, 15) is 9.59 Å². The van der Waals surface area contributed by atoms with Gasteiger partial charge in [0.25, 0.3) is 0 Å². The van der Waals surface area contributed by atoms with Gasteiger partial charge in [0.15, 0.2) is 0 Å². The molecule has 0 aromatic heterocycles. The first-order valence-corrected chi connectivity index (χ1v) is 7.70. The lowest BCUT2D eigenvalue weighted by molar-refractivity contribution is -0.177. The fourth-order valence-electron chi connectivity index (χ4n) is 2.27. The van der Waals surface area contributed by atoms with Crippen LogP contribution in [-0.2, 0) is 18.9 Å². The highest BCUT2D eigenvalue weighted by Crippen LogP contribution is 2.27. The van der Waals surface area contributed by atoms with Crippen molar-refractivity contribution in [3.63, 3.8) is 0 Å². The predicted octanol–water partition coefficient (Wildman–Crippen LogP) is 2.42. The first-order valence-electron chi connectivity index (χ1n) is 7.70. The summed E-state index contributed by atoms with van der Waals surface area (Å²) >= 11 is 0. The summed E-state index contributed by atoms with van der Waals surface area (Å²) in [5.74, 6) is -0.840. The molecule has 1 aromatic carbocycles. The summed E-state index contributed by atoms with van der Waals surface area (Å²) in [5.41, 5.74) is 0.503. The van der Waals surface area contributed by atoms with Gasteiger partial charge in [0.1, 0.15) is 13.4 Å². The van der Waals surface area contributed by atoms with Crippen LogP contribution < -0.4 is 0 Å². The van der Waals surface area contributed by atoms with E-state index in [2.05, 4.69) is 0 Å². The van der Waals surface area contributed by atoms with Gasteiger partial charge in [-0.05, 0) is 37.6 Å². The van der Waals surface area contributed by atoms with E-state index in [4.69, 9.17) is 18.9 Å². The van der Waals surface area contributed by atoms with Gasteiger partial charge in [-0.1, -0.05) is 6.92 Å². The Bertz CT molecular complexity index is 531. The molecule has 0 amide bonds. The van der Waals surface area contributed by atoms with Crippen LogP contribution >= 0.6 is 0 Å². The van der Waals surface area contributed by atoms with Crippen molar-refractivity contribution < 1.29 is 28.5 Å². The van der Waals surface area contributed by atoms with Crippen LogP contribution in [0.3, 0.4) is 0 Å². The fraction of sp³-hybridized carbons (Fsp3) is 0.529. The van der Waals surface area contributed by atoms with Crippen molar-refractivity contribution in [3.8, 4) is 0 Å². The van der Waals surface area contributed by atoms with E-state index in [0.717, 1.165) is 6.42 Å². The fourth-order valence-corrected chi connectivity index (χ4v) is 2.27. The molecular weight excluding hydrogens is 300 g/mol. The smallest absolute Gasteiger partial charge is 0.338 e. The lowest BCUT2D eigenvalue weighted by Gasteiger charge is -2.35. The summed E-state index contributed by atoms with van der Waals surface area (Å²) in [6, 6.07) is 6.22. The van der Waals surface area contributed by atoms with Crippen LogP contribution in [0.5, 0.6) is 0 Å². The van der Waals surface area contributed by atoms with Crippen LogP contribution in [0, 0.1) is 5.41 Å². The topological polar surface area (TPSA) is 71.1 Å². The van der Waals surface area contributed by atoms with Crippen molar-refractivity contribution in [3.05, 3.63) is 35.4 Å². The zero-order valence-corrected chi connectivity index (χ0v) is 13.5. The third-order valence-electron chi connectivity index (χ3n) is 3.87. The van der Waals surface area contributed by atoms with Crippen molar-refractivity contribution in [1.82, 2.24) is 0 Å². The minimum Gasteiger partial charge on any atom is -0.462 e. The van der Waals surface area contributed by atoms with Crippen LogP contribution in [0.4, 0.5) is 0 Å². The lowest BCUT2D eigenvalue weighted by Crippen LogP contribution is -2.41. The van der Waals surface area contributed by atoms with E-state index in [1.807, 2.05) is 6.92 Å². The SMILES string of the molecule is CCOC(=O)c1ccc(C(=O)OCC2(CC)COCOC2)cc1. The molecule has 0 atom stereocenters. The average Bonchev–Trinajstić information content (AvgIpc) is 2.61. The second-order valence-electron chi connectivity index (χ2n) is 5.54. The number of hydrogen-bond acceptors (Lipinski definition) is 6. The van der Waals surface area contributed by atoms with Gasteiger partial charge in [-0.25, -0.2) is 9.59 Å². The highest BCUT2D eigenvalue weighted by Gasteiger charge is 2.33. The summed E-state index contributed by atoms with van der Waals surface area (Å²) in [6.07, 6.45) is 0.794. The Labute approximate surface area is 135 Å². The third-order valence-corrected chi connectivity index (χ3v) is 3.87. The van der Waals surface area contributed by atoms with Crippen LogP contribution in [-0.4, -0.2) is 45.2 Å². The molecule has 23 heavy (non-hydrogen) atoms. The van der Waals surface area contributed by atoms with Crippen molar-refractivity contribution >= 4 is 11.9 Å². The number of esters is 2. The molecule has 0 radical (unpaired) electrons. The zero-order valence-electron chi connectivity index (χ0n) is 13.5. The normalized spacial score (nSPS) is 16.6. The van der Waals surface area contributed by atoms with Gasteiger partial charge in [0.2, 0.25) is 0 Å². The van der Waals surface area contributed by atoms with Crippen LogP contribution in [0.15, 0.2) is 24.3 Å². The van der Waals surface area contributed by atoms with Crippen molar-refractivity contribution in [2.75, 3.05) is 33.2 Å². The lowest BCUT2D eigenvalue weighted by atomic mass is 9.87. The molecular formula is C17H22O6. The molecule has 1 aromatic rings. The maximum absolute atomic E-state index is 12.1. The molecule has 1 aliphatic heterocycles. The molecule has 1 aliphatic rings. The molecule has 1 fully saturated rings. The summed E-state index contributed by atoms with van der Waals surface area (Å²) in [4.78, 5) is 23.7. The molecule has 0 N–H and O–H groups in total. The highest BCUT2D eigenvalue weighted by atomic mass is 16.7. The molecule has 2 rings (SSSR count). The second kappa shape index (κ2) is 8.08. The Morgan fingerprint density at radius 3 is 2.00 bits per heavy atom. The molecule has 0 saturated carbocycles. The Morgan fingerprint density at radius 1 is 1.00 bits per heavy atom. The van der Waals surface area contributed by atoms with Gasteiger partial charge in [0, 0.05) is 0 Å². The number of carbonyl (C=O) groups excluding carboxylic acids is 2. The second-order valence-corrected chi connectivity index (χ2v) is 5.54. The van der Waals surface area contributed by atoms with Crippen LogP contribution in [0.25, 0.3) is 0 Å². The summed E-state index contributed by atoms with van der Waals surface area (Å²) in [6.45, 7) is 5.61. The Kier molecular flexibility index (Phi) is 6.12. The van der Waals surface area contributed by atoms with E-state index in [0.29, 0.717) is 30.9 Å². The maximum Gasteiger partial charge on any atom is 0.338 e. The quantitative estimate of drug-likeness (QED) is 0.749. The minimum atomic E-state index is -0.432. The first kappa shape index (κ1) is 17.4.